The summed E-state index contributed by atoms with van der Waals surface area (Å²) in [5.41, 5.74) is 5.52. The number of nitrogens with zero attached hydrogens (tertiary/aromatic N) is 4. The van der Waals surface area contributed by atoms with E-state index in [0.717, 1.165) is 112 Å². The summed E-state index contributed by atoms with van der Waals surface area (Å²) in [6.45, 7) is 13.1. The van der Waals surface area contributed by atoms with Gasteiger partial charge in [-0.15, -0.1) is 0 Å². The molecule has 0 bridgehead atoms. The molecule has 3 aromatic rings. The van der Waals surface area contributed by atoms with Crippen LogP contribution in [0.5, 0.6) is 0 Å². The lowest BCUT2D eigenvalue weighted by Crippen LogP contribution is -2.46. The lowest BCUT2D eigenvalue weighted by molar-refractivity contribution is -0.142. The van der Waals surface area contributed by atoms with Gasteiger partial charge in [-0.05, 0) is 99.1 Å². The van der Waals surface area contributed by atoms with Crippen molar-refractivity contribution in [1.29, 1.82) is 0 Å². The Kier molecular flexibility index (Phi) is 11.8. The maximum atomic E-state index is 12.8. The highest BCUT2D eigenvalue weighted by Gasteiger charge is 2.22. The van der Waals surface area contributed by atoms with Crippen molar-refractivity contribution in [2.45, 2.75) is 65.0 Å². The van der Waals surface area contributed by atoms with Gasteiger partial charge in [0.15, 0.2) is 0 Å². The number of hydrogen-bond acceptors (Lipinski definition) is 8. The fourth-order valence-electron chi connectivity index (χ4n) is 6.87. The molecule has 3 aliphatic rings. The number of carbonyl (C=O) groups excluding carboxylic acids is 2. The van der Waals surface area contributed by atoms with Crippen LogP contribution < -0.4 is 15.5 Å². The van der Waals surface area contributed by atoms with Crippen molar-refractivity contribution < 1.29 is 14.3 Å². The van der Waals surface area contributed by atoms with Crippen LogP contribution in [0.4, 0.5) is 11.5 Å². The monoisotopic (exact) mass is 652 g/mol. The largest absolute Gasteiger partial charge is 0.461 e. The fourth-order valence-corrected chi connectivity index (χ4v) is 6.87. The Bertz CT molecular complexity index is 1560. The average molecular weight is 653 g/mol. The van der Waals surface area contributed by atoms with E-state index in [2.05, 4.69) is 81.7 Å². The Morgan fingerprint density at radius 1 is 0.917 bits per heavy atom. The molecule has 2 N–H and O–H groups in total. The predicted octanol–water partition coefficient (Wildman–Crippen LogP) is 5.54. The third-order valence-corrected chi connectivity index (χ3v) is 10.1. The van der Waals surface area contributed by atoms with E-state index in [1.54, 1.807) is 0 Å². The number of aryl methyl sites for hydroxylation is 1. The zero-order valence-corrected chi connectivity index (χ0v) is 28.8. The van der Waals surface area contributed by atoms with Crippen LogP contribution in [0.1, 0.15) is 56.6 Å². The Labute approximate surface area is 285 Å². The number of nitrogens with one attached hydrogen (secondary N) is 2. The average Bonchev–Trinajstić information content (AvgIpc) is 3.82. The number of anilines is 2. The quantitative estimate of drug-likeness (QED) is 0.126. The minimum Gasteiger partial charge on any atom is -0.461 e. The second-order valence-corrected chi connectivity index (χ2v) is 13.8. The summed E-state index contributed by atoms with van der Waals surface area (Å²) in [6.07, 6.45) is 7.81. The van der Waals surface area contributed by atoms with E-state index in [4.69, 9.17) is 9.72 Å². The third kappa shape index (κ3) is 9.87. The molecule has 2 fully saturated rings. The Morgan fingerprint density at radius 2 is 1.69 bits per heavy atom. The highest BCUT2D eigenvalue weighted by atomic mass is 16.5. The first kappa shape index (κ1) is 34.1. The van der Waals surface area contributed by atoms with Crippen molar-refractivity contribution in [2.75, 3.05) is 69.2 Å². The number of benzene rings is 2. The highest BCUT2D eigenvalue weighted by Crippen LogP contribution is 2.28. The van der Waals surface area contributed by atoms with Gasteiger partial charge >= 0.3 is 5.97 Å². The number of aromatic nitrogens is 1. The molecule has 2 saturated heterocycles. The van der Waals surface area contributed by atoms with E-state index in [1.165, 1.54) is 11.1 Å². The van der Waals surface area contributed by atoms with Crippen LogP contribution in [0.15, 0.2) is 66.2 Å². The minimum atomic E-state index is -0.0723. The van der Waals surface area contributed by atoms with Crippen LogP contribution in [-0.4, -0.2) is 91.7 Å². The first-order valence-corrected chi connectivity index (χ1v) is 17.9. The Morgan fingerprint density at radius 3 is 2.44 bits per heavy atom. The van der Waals surface area contributed by atoms with E-state index in [-0.39, 0.29) is 11.9 Å². The molecule has 256 valence electrons. The molecule has 6 rings (SSSR count). The maximum absolute atomic E-state index is 12.8. The van der Waals surface area contributed by atoms with Crippen LogP contribution in [0, 0.1) is 12.8 Å². The molecular formula is C39H52N6O3. The lowest BCUT2D eigenvalue weighted by Gasteiger charge is -2.35. The molecule has 1 atom stereocenters. The standard InChI is InChI=1S/C39H52N6O3/c1-29-23-32(29)28-48-39(47)11-7-4-8-16-43-19-21-45(22-20-43)37-24-30(2)35-25-34(12-13-36(35)42-37)41-38(46)26-40-33-14-17-44(18-15-33)27-31-9-5-3-6-10-31/h3,5-6,9-10,12-13,23-25,29,33,40H,4,7-8,11,14-22,26-28H2,1-2H3,(H,41,46)/t29-/m1/s1. The molecule has 0 saturated carbocycles. The number of fused-ring (bicyclic) bond motifs is 1. The Balaban J connectivity index is 0.886. The summed E-state index contributed by atoms with van der Waals surface area (Å²) >= 11 is 0. The number of likely N-dealkylation sites (tertiary alicyclic amines) is 1. The topological polar surface area (TPSA) is 90.0 Å². The van der Waals surface area contributed by atoms with Gasteiger partial charge in [-0.1, -0.05) is 49.8 Å². The van der Waals surface area contributed by atoms with Crippen molar-refractivity contribution in [2.24, 2.45) is 5.92 Å². The summed E-state index contributed by atoms with van der Waals surface area (Å²) in [5.74, 6) is 1.45. The summed E-state index contributed by atoms with van der Waals surface area (Å²) in [5, 5.41) is 7.63. The van der Waals surface area contributed by atoms with Gasteiger partial charge in [-0.25, -0.2) is 4.98 Å². The molecule has 2 aliphatic heterocycles. The molecule has 2 aromatic carbocycles. The van der Waals surface area contributed by atoms with Crippen LogP contribution in [-0.2, 0) is 20.9 Å². The number of hydrogen-bond donors (Lipinski definition) is 2. The van der Waals surface area contributed by atoms with Crippen molar-refractivity contribution in [3.63, 3.8) is 0 Å². The Hall–Kier alpha value is -3.79. The van der Waals surface area contributed by atoms with E-state index < -0.39 is 0 Å². The number of carbonyl (C=O) groups is 2. The molecular weight excluding hydrogens is 600 g/mol. The summed E-state index contributed by atoms with van der Waals surface area (Å²) in [7, 11) is 0. The van der Waals surface area contributed by atoms with Gasteiger partial charge in [0.25, 0.3) is 0 Å². The minimum absolute atomic E-state index is 0.0136. The zero-order chi connectivity index (χ0) is 33.3. The second-order valence-electron chi connectivity index (χ2n) is 13.8. The van der Waals surface area contributed by atoms with E-state index in [9.17, 15) is 9.59 Å². The van der Waals surface area contributed by atoms with E-state index in [1.807, 2.05) is 18.2 Å². The third-order valence-electron chi connectivity index (χ3n) is 10.1. The molecule has 48 heavy (non-hydrogen) atoms. The summed E-state index contributed by atoms with van der Waals surface area (Å²) < 4.78 is 5.34. The molecule has 0 radical (unpaired) electrons. The normalized spacial score (nSPS) is 18.9. The molecule has 9 nitrogen and oxygen atoms in total. The molecule has 0 unspecified atom stereocenters. The number of esters is 1. The molecule has 1 aliphatic carbocycles. The number of piperidine rings is 1. The first-order valence-electron chi connectivity index (χ1n) is 17.9. The van der Waals surface area contributed by atoms with Crippen LogP contribution in [0.3, 0.4) is 0 Å². The first-order chi connectivity index (χ1) is 23.4. The van der Waals surface area contributed by atoms with Crippen molar-refractivity contribution in [3.05, 3.63) is 77.4 Å². The van der Waals surface area contributed by atoms with Gasteiger partial charge in [0.2, 0.25) is 5.91 Å². The number of pyridine rings is 1. The predicted molar refractivity (Wildman–Crippen MR) is 193 cm³/mol. The smallest absolute Gasteiger partial charge is 0.306 e. The van der Waals surface area contributed by atoms with Gasteiger partial charge in [-0.3, -0.25) is 19.4 Å². The number of allylic oxidation sites excluding steroid dienone is 1. The van der Waals surface area contributed by atoms with Gasteiger partial charge in [0.1, 0.15) is 12.4 Å². The zero-order valence-electron chi connectivity index (χ0n) is 28.8. The molecule has 9 heteroatoms. The van der Waals surface area contributed by atoms with E-state index in [0.29, 0.717) is 31.5 Å². The van der Waals surface area contributed by atoms with Gasteiger partial charge < -0.3 is 20.3 Å². The lowest BCUT2D eigenvalue weighted by atomic mass is 10.0. The van der Waals surface area contributed by atoms with Crippen molar-refractivity contribution in [3.8, 4) is 0 Å². The molecule has 3 heterocycles. The summed E-state index contributed by atoms with van der Waals surface area (Å²) in [6, 6.07) is 19.2. The highest BCUT2D eigenvalue weighted by molar-refractivity contribution is 5.95. The fraction of sp³-hybridized carbons (Fsp3) is 0.513. The van der Waals surface area contributed by atoms with Crippen molar-refractivity contribution >= 4 is 34.3 Å². The SMILES string of the molecule is Cc1cc(N2CCN(CCCCCC(=O)OCC3=C[C@H]3C)CC2)nc2ccc(NC(=O)CNC3CCN(Cc4ccccc4)CC3)cc12. The number of unbranched alkanes of at least 4 members (excludes halogenated alkanes) is 2. The van der Waals surface area contributed by atoms with Gasteiger partial charge in [0, 0.05) is 56.3 Å². The van der Waals surface area contributed by atoms with E-state index >= 15 is 0 Å². The second kappa shape index (κ2) is 16.5. The maximum Gasteiger partial charge on any atom is 0.306 e. The number of amides is 1. The summed E-state index contributed by atoms with van der Waals surface area (Å²) in [4.78, 5) is 37.1. The molecule has 0 spiro atoms. The van der Waals surface area contributed by atoms with Crippen LogP contribution >= 0.6 is 0 Å². The van der Waals surface area contributed by atoms with Crippen LogP contribution in [0.25, 0.3) is 10.9 Å². The van der Waals surface area contributed by atoms with Crippen molar-refractivity contribution in [1.82, 2.24) is 20.1 Å². The van der Waals surface area contributed by atoms with Gasteiger partial charge in [0.05, 0.1) is 12.1 Å². The van der Waals surface area contributed by atoms with Gasteiger partial charge in [-0.2, -0.15) is 0 Å². The van der Waals surface area contributed by atoms with Crippen LogP contribution in [0.2, 0.25) is 0 Å². The molecule has 1 amide bonds. The number of piperazine rings is 1. The number of ether oxygens (including phenoxy) is 1. The number of rotatable bonds is 15. The molecule has 1 aromatic heterocycles.